The number of carbonyl (C=O) groups excluding carboxylic acids is 2. The van der Waals surface area contributed by atoms with Crippen LogP contribution in [0.25, 0.3) is 0 Å². The van der Waals surface area contributed by atoms with Crippen LogP contribution < -0.4 is 10.8 Å². The molecule has 2 rings (SSSR count). The number of hydrogen-bond acceptors (Lipinski definition) is 6. The van der Waals surface area contributed by atoms with Gasteiger partial charge in [-0.15, -0.1) is 0 Å². The Balaban J connectivity index is 2.46. The third-order valence-electron chi connectivity index (χ3n) is 5.28. The molecule has 1 aliphatic heterocycles. The van der Waals surface area contributed by atoms with Crippen LogP contribution in [0.4, 0.5) is 13.2 Å². The molecule has 0 bridgehead atoms. The number of nitrogens with one attached hydrogen (secondary N) is 2. The van der Waals surface area contributed by atoms with Crippen molar-refractivity contribution < 1.29 is 33.1 Å². The minimum atomic E-state index is -4.57. The minimum absolute atomic E-state index is 0.0438. The zero-order valence-electron chi connectivity index (χ0n) is 17.0. The fourth-order valence-electron chi connectivity index (χ4n) is 3.67. The quantitative estimate of drug-likeness (QED) is 0.398. The van der Waals surface area contributed by atoms with Crippen LogP contribution in [-0.2, 0) is 21.3 Å². The average molecular weight is 432 g/mol. The van der Waals surface area contributed by atoms with Crippen LogP contribution in [0.2, 0.25) is 0 Å². The van der Waals surface area contributed by atoms with Gasteiger partial charge in [0.05, 0.1) is 22.7 Å². The molecular formula is C19H27F3N4O4. The third-order valence-corrected chi connectivity index (χ3v) is 5.28. The average Bonchev–Trinajstić information content (AvgIpc) is 2.70. The highest BCUT2D eigenvalue weighted by Gasteiger charge is 2.45. The van der Waals surface area contributed by atoms with E-state index in [-0.39, 0.29) is 31.1 Å². The van der Waals surface area contributed by atoms with Crippen molar-refractivity contribution in [3.63, 3.8) is 0 Å². The van der Waals surface area contributed by atoms with Crippen molar-refractivity contribution in [3.05, 3.63) is 29.6 Å². The second-order valence-corrected chi connectivity index (χ2v) is 8.02. The standard InChI is InChI=1S/C19H27F3N4O4/c1-11(2)8-13(15(27)16(28)25-30)17(29)26-7-6-23-10-18(26,3)14-9-12(4-5-24-14)19(20,21)22/h4-5,9,11,13,15,23,27,30H,6-8,10H2,1-3H3,(H,25,28)/t13-,15-,18+/m0/s1. The van der Waals surface area contributed by atoms with E-state index in [0.717, 1.165) is 18.3 Å². The summed E-state index contributed by atoms with van der Waals surface area (Å²) in [5.41, 5.74) is -0.732. The van der Waals surface area contributed by atoms with E-state index in [4.69, 9.17) is 5.21 Å². The smallest absolute Gasteiger partial charge is 0.382 e. The molecule has 0 radical (unpaired) electrons. The summed E-state index contributed by atoms with van der Waals surface area (Å²) in [7, 11) is 0. The van der Waals surface area contributed by atoms with Crippen LogP contribution in [0.1, 0.15) is 38.4 Å². The molecule has 8 nitrogen and oxygen atoms in total. The van der Waals surface area contributed by atoms with Crippen LogP contribution in [0.5, 0.6) is 0 Å². The Bertz CT molecular complexity index is 774. The largest absolute Gasteiger partial charge is 0.416 e. The monoisotopic (exact) mass is 432 g/mol. The highest BCUT2D eigenvalue weighted by Crippen LogP contribution is 2.35. The summed E-state index contributed by atoms with van der Waals surface area (Å²) in [4.78, 5) is 30.6. The number of aliphatic hydroxyl groups excluding tert-OH is 1. The van der Waals surface area contributed by atoms with Crippen molar-refractivity contribution in [2.45, 2.75) is 45.0 Å². The van der Waals surface area contributed by atoms with Crippen LogP contribution in [0.15, 0.2) is 18.3 Å². The summed E-state index contributed by atoms with van der Waals surface area (Å²) in [5, 5.41) is 22.2. The normalized spacial score (nSPS) is 22.0. The molecule has 1 saturated heterocycles. The van der Waals surface area contributed by atoms with Crippen molar-refractivity contribution >= 4 is 11.8 Å². The zero-order valence-corrected chi connectivity index (χ0v) is 17.0. The highest BCUT2D eigenvalue weighted by molar-refractivity contribution is 5.89. The molecule has 1 aromatic heterocycles. The van der Waals surface area contributed by atoms with Crippen molar-refractivity contribution in [2.24, 2.45) is 11.8 Å². The minimum Gasteiger partial charge on any atom is -0.382 e. The van der Waals surface area contributed by atoms with E-state index in [1.807, 2.05) is 0 Å². The van der Waals surface area contributed by atoms with Crippen molar-refractivity contribution in [1.82, 2.24) is 20.7 Å². The van der Waals surface area contributed by atoms with E-state index in [0.29, 0.717) is 6.54 Å². The molecule has 2 heterocycles. The van der Waals surface area contributed by atoms with Gasteiger partial charge in [0.1, 0.15) is 6.10 Å². The lowest BCUT2D eigenvalue weighted by Gasteiger charge is -2.46. The van der Waals surface area contributed by atoms with E-state index in [9.17, 15) is 27.9 Å². The van der Waals surface area contributed by atoms with Gasteiger partial charge in [0, 0.05) is 25.8 Å². The number of hydrogen-bond donors (Lipinski definition) is 4. The van der Waals surface area contributed by atoms with E-state index in [1.165, 1.54) is 10.4 Å². The second kappa shape index (κ2) is 9.27. The summed E-state index contributed by atoms with van der Waals surface area (Å²) in [5.74, 6) is -2.97. The van der Waals surface area contributed by atoms with Gasteiger partial charge >= 0.3 is 6.18 Å². The van der Waals surface area contributed by atoms with E-state index in [1.54, 1.807) is 20.8 Å². The predicted molar refractivity (Wildman–Crippen MR) is 100 cm³/mol. The molecule has 30 heavy (non-hydrogen) atoms. The molecule has 168 valence electrons. The molecule has 1 aromatic rings. The van der Waals surface area contributed by atoms with Gasteiger partial charge in [0.25, 0.3) is 5.91 Å². The lowest BCUT2D eigenvalue weighted by Crippen LogP contribution is -2.62. The Kier molecular flexibility index (Phi) is 7.43. The molecule has 0 spiro atoms. The second-order valence-electron chi connectivity index (χ2n) is 8.02. The van der Waals surface area contributed by atoms with Crippen LogP contribution in [0.3, 0.4) is 0 Å². The van der Waals surface area contributed by atoms with Gasteiger partial charge in [-0.1, -0.05) is 13.8 Å². The molecule has 2 amide bonds. The van der Waals surface area contributed by atoms with Gasteiger partial charge in [-0.2, -0.15) is 13.2 Å². The van der Waals surface area contributed by atoms with Gasteiger partial charge in [-0.25, -0.2) is 5.48 Å². The number of pyridine rings is 1. The predicted octanol–water partition coefficient (Wildman–Crippen LogP) is 1.28. The molecule has 0 aliphatic carbocycles. The number of amides is 2. The molecule has 1 fully saturated rings. The first-order chi connectivity index (χ1) is 13.9. The topological polar surface area (TPSA) is 115 Å². The number of rotatable bonds is 6. The lowest BCUT2D eigenvalue weighted by atomic mass is 9.85. The fraction of sp³-hybridized carbons (Fsp3) is 0.632. The van der Waals surface area contributed by atoms with E-state index >= 15 is 0 Å². The summed E-state index contributed by atoms with van der Waals surface area (Å²) >= 11 is 0. The fourth-order valence-corrected chi connectivity index (χ4v) is 3.67. The highest BCUT2D eigenvalue weighted by atomic mass is 19.4. The maximum atomic E-state index is 13.4. The Hall–Kier alpha value is -2.24. The van der Waals surface area contributed by atoms with Gasteiger partial charge in [0.15, 0.2) is 0 Å². The van der Waals surface area contributed by atoms with E-state index < -0.39 is 41.1 Å². The molecule has 0 aromatic carbocycles. The van der Waals surface area contributed by atoms with Gasteiger partial charge in [0.2, 0.25) is 5.91 Å². The number of aromatic nitrogens is 1. The number of halogens is 3. The number of aliphatic hydroxyl groups is 1. The SMILES string of the molecule is CC(C)C[C@H](C(=O)N1CCNC[C@]1(C)c1cc(C(F)(F)F)ccn1)[C@H](O)C(=O)NO. The van der Waals surface area contributed by atoms with Gasteiger partial charge in [-0.3, -0.25) is 19.8 Å². The number of piperazine rings is 1. The first-order valence-corrected chi connectivity index (χ1v) is 9.59. The molecule has 1 aliphatic rings. The van der Waals surface area contributed by atoms with Gasteiger partial charge in [-0.05, 0) is 31.4 Å². The Labute approximate surface area is 172 Å². The molecule has 0 unspecified atom stereocenters. The van der Waals surface area contributed by atoms with Crippen LogP contribution in [0, 0.1) is 11.8 Å². The summed E-state index contributed by atoms with van der Waals surface area (Å²) in [6.07, 6.45) is -5.19. The maximum absolute atomic E-state index is 13.4. The first kappa shape index (κ1) is 24.0. The number of alkyl halides is 3. The van der Waals surface area contributed by atoms with Crippen LogP contribution in [-0.4, -0.2) is 57.8 Å². The molecule has 3 atom stereocenters. The molecule has 11 heteroatoms. The third kappa shape index (κ3) is 5.08. The van der Waals surface area contributed by atoms with Crippen molar-refractivity contribution in [3.8, 4) is 0 Å². The Morgan fingerprint density at radius 3 is 2.63 bits per heavy atom. The van der Waals surface area contributed by atoms with Crippen molar-refractivity contribution in [1.29, 1.82) is 0 Å². The Morgan fingerprint density at radius 1 is 1.40 bits per heavy atom. The first-order valence-electron chi connectivity index (χ1n) is 9.59. The lowest BCUT2D eigenvalue weighted by molar-refractivity contribution is -0.156. The molecule has 4 N–H and O–H groups in total. The number of carbonyl (C=O) groups is 2. The molecular weight excluding hydrogens is 405 g/mol. The summed E-state index contributed by atoms with van der Waals surface area (Å²) < 4.78 is 39.6. The number of hydroxylamine groups is 1. The van der Waals surface area contributed by atoms with Crippen LogP contribution >= 0.6 is 0 Å². The number of nitrogens with zero attached hydrogens (tertiary/aromatic N) is 2. The molecule has 0 saturated carbocycles. The maximum Gasteiger partial charge on any atom is 0.416 e. The summed E-state index contributed by atoms with van der Waals surface area (Å²) in [6, 6.07) is 1.76. The zero-order chi connectivity index (χ0) is 22.7. The van der Waals surface area contributed by atoms with Gasteiger partial charge < -0.3 is 15.3 Å². The Morgan fingerprint density at radius 2 is 2.07 bits per heavy atom. The summed E-state index contributed by atoms with van der Waals surface area (Å²) in [6.45, 7) is 5.87. The van der Waals surface area contributed by atoms with E-state index in [2.05, 4.69) is 10.3 Å². The van der Waals surface area contributed by atoms with Crippen molar-refractivity contribution in [2.75, 3.05) is 19.6 Å².